The Balaban J connectivity index is 2.39. The fraction of sp³-hybridized carbons (Fsp3) is 0.500. The first-order chi connectivity index (χ1) is 7.51. The molecule has 6 heteroatoms. The quantitative estimate of drug-likeness (QED) is 0.763. The van der Waals surface area contributed by atoms with Crippen LogP contribution in [0.3, 0.4) is 0 Å². The van der Waals surface area contributed by atoms with Crippen molar-refractivity contribution in [2.24, 2.45) is 0 Å². The third kappa shape index (κ3) is 2.07. The van der Waals surface area contributed by atoms with Gasteiger partial charge in [-0.05, 0) is 31.4 Å². The largest absolute Gasteiger partial charge is 0.244 e. The third-order valence-electron chi connectivity index (χ3n) is 2.69. The molecule has 1 saturated heterocycles. The minimum atomic E-state index is -3.37. The molecule has 4 nitrogen and oxygen atoms in total. The molecule has 1 aliphatic rings. The average Bonchev–Trinajstić information content (AvgIpc) is 2.75. The summed E-state index contributed by atoms with van der Waals surface area (Å²) in [7, 11) is -3.37. The summed E-state index contributed by atoms with van der Waals surface area (Å²) in [4.78, 5) is 4.11. The predicted molar refractivity (Wildman–Crippen MR) is 62.0 cm³/mol. The number of aryl methyl sites for hydroxylation is 1. The highest BCUT2D eigenvalue weighted by atomic mass is 35.5. The Morgan fingerprint density at radius 2 is 2.00 bits per heavy atom. The van der Waals surface area contributed by atoms with Crippen molar-refractivity contribution >= 4 is 21.6 Å². The molecule has 0 saturated carbocycles. The highest BCUT2D eigenvalue weighted by Gasteiger charge is 2.27. The molecule has 1 aromatic heterocycles. The van der Waals surface area contributed by atoms with Gasteiger partial charge in [-0.2, -0.15) is 4.31 Å². The number of nitrogens with zero attached hydrogens (tertiary/aromatic N) is 2. The molecule has 1 fully saturated rings. The van der Waals surface area contributed by atoms with E-state index in [9.17, 15) is 8.42 Å². The average molecular weight is 261 g/mol. The first-order valence-electron chi connectivity index (χ1n) is 5.14. The fourth-order valence-electron chi connectivity index (χ4n) is 1.75. The number of sulfonamides is 1. The second kappa shape index (κ2) is 4.31. The minimum absolute atomic E-state index is 0.233. The zero-order valence-electron chi connectivity index (χ0n) is 8.98. The van der Waals surface area contributed by atoms with Crippen LogP contribution in [0.15, 0.2) is 17.2 Å². The van der Waals surface area contributed by atoms with Crippen LogP contribution in [-0.4, -0.2) is 30.8 Å². The molecule has 0 spiro atoms. The van der Waals surface area contributed by atoms with Crippen LogP contribution in [-0.2, 0) is 10.0 Å². The predicted octanol–water partition coefficient (Wildman–Crippen LogP) is 1.83. The lowest BCUT2D eigenvalue weighted by Crippen LogP contribution is -2.28. The van der Waals surface area contributed by atoms with E-state index in [4.69, 9.17) is 11.6 Å². The molecule has 1 aromatic rings. The molecule has 0 unspecified atom stereocenters. The van der Waals surface area contributed by atoms with Crippen molar-refractivity contribution in [3.8, 4) is 0 Å². The first-order valence-corrected chi connectivity index (χ1v) is 6.96. The summed E-state index contributed by atoms with van der Waals surface area (Å²) in [6.45, 7) is 2.95. The molecular weight excluding hydrogens is 248 g/mol. The monoisotopic (exact) mass is 260 g/mol. The summed E-state index contributed by atoms with van der Waals surface area (Å²) in [5, 5.41) is 0.348. The molecular formula is C10H13ClN2O2S. The lowest BCUT2D eigenvalue weighted by atomic mass is 10.3. The Morgan fingerprint density at radius 1 is 1.38 bits per heavy atom. The molecule has 0 bridgehead atoms. The molecule has 0 radical (unpaired) electrons. The van der Waals surface area contributed by atoms with Gasteiger partial charge in [-0.3, -0.25) is 0 Å². The van der Waals surface area contributed by atoms with Crippen LogP contribution in [0.1, 0.15) is 18.4 Å². The van der Waals surface area contributed by atoms with E-state index in [2.05, 4.69) is 4.98 Å². The van der Waals surface area contributed by atoms with Crippen molar-refractivity contribution in [3.63, 3.8) is 0 Å². The molecule has 1 aliphatic heterocycles. The minimum Gasteiger partial charge on any atom is -0.243 e. The molecule has 16 heavy (non-hydrogen) atoms. The van der Waals surface area contributed by atoms with E-state index in [0.29, 0.717) is 23.8 Å². The molecule has 0 atom stereocenters. The van der Waals surface area contributed by atoms with Gasteiger partial charge in [0.05, 0.1) is 0 Å². The number of pyridine rings is 1. The van der Waals surface area contributed by atoms with Crippen LogP contribution >= 0.6 is 11.6 Å². The number of hydrogen-bond donors (Lipinski definition) is 0. The van der Waals surface area contributed by atoms with Crippen LogP contribution in [0.2, 0.25) is 5.15 Å². The van der Waals surface area contributed by atoms with Crippen molar-refractivity contribution in [1.82, 2.24) is 9.29 Å². The van der Waals surface area contributed by atoms with Crippen molar-refractivity contribution < 1.29 is 8.42 Å². The summed E-state index contributed by atoms with van der Waals surface area (Å²) in [5.74, 6) is 0. The van der Waals surface area contributed by atoms with E-state index in [1.807, 2.05) is 0 Å². The molecule has 2 rings (SSSR count). The number of aromatic nitrogens is 1. The third-order valence-corrected chi connectivity index (χ3v) is 4.95. The number of rotatable bonds is 2. The van der Waals surface area contributed by atoms with E-state index in [-0.39, 0.29) is 4.90 Å². The standard InChI is InChI=1S/C10H13ClN2O2S/c1-8-6-9(7-12-10(8)11)16(14,15)13-4-2-3-5-13/h6-7H,2-5H2,1H3. The van der Waals surface area contributed by atoms with E-state index >= 15 is 0 Å². The van der Waals surface area contributed by atoms with Crippen LogP contribution < -0.4 is 0 Å². The van der Waals surface area contributed by atoms with Crippen molar-refractivity contribution in [2.75, 3.05) is 13.1 Å². The smallest absolute Gasteiger partial charge is 0.243 e. The second-order valence-corrected chi connectivity index (χ2v) is 6.19. The zero-order valence-corrected chi connectivity index (χ0v) is 10.6. The van der Waals surface area contributed by atoms with Crippen LogP contribution in [0, 0.1) is 6.92 Å². The molecule has 2 heterocycles. The van der Waals surface area contributed by atoms with Gasteiger partial charge >= 0.3 is 0 Å². The maximum atomic E-state index is 12.1. The molecule has 88 valence electrons. The lowest BCUT2D eigenvalue weighted by molar-refractivity contribution is 0.477. The lowest BCUT2D eigenvalue weighted by Gasteiger charge is -2.15. The Morgan fingerprint density at radius 3 is 2.56 bits per heavy atom. The van der Waals surface area contributed by atoms with Crippen molar-refractivity contribution in [3.05, 3.63) is 23.0 Å². The second-order valence-electron chi connectivity index (χ2n) is 3.89. The van der Waals surface area contributed by atoms with Gasteiger partial charge in [0.1, 0.15) is 10.0 Å². The van der Waals surface area contributed by atoms with E-state index in [1.165, 1.54) is 10.5 Å². The fourth-order valence-corrected chi connectivity index (χ4v) is 3.40. The maximum absolute atomic E-state index is 12.1. The summed E-state index contributed by atoms with van der Waals surface area (Å²) in [6, 6.07) is 1.57. The van der Waals surface area contributed by atoms with Crippen molar-refractivity contribution in [1.29, 1.82) is 0 Å². The van der Waals surface area contributed by atoms with Gasteiger partial charge in [0.25, 0.3) is 0 Å². The van der Waals surface area contributed by atoms with Gasteiger partial charge in [-0.15, -0.1) is 0 Å². The Hall–Kier alpha value is -0.650. The summed E-state index contributed by atoms with van der Waals surface area (Å²) in [6.07, 6.45) is 3.18. The molecule has 0 aliphatic carbocycles. The molecule has 0 aromatic carbocycles. The van der Waals surface area contributed by atoms with Gasteiger partial charge < -0.3 is 0 Å². The molecule has 0 amide bonds. The Bertz CT molecular complexity index is 496. The topological polar surface area (TPSA) is 50.3 Å². The SMILES string of the molecule is Cc1cc(S(=O)(=O)N2CCCC2)cnc1Cl. The zero-order chi connectivity index (χ0) is 11.8. The normalized spacial score (nSPS) is 17.9. The maximum Gasteiger partial charge on any atom is 0.244 e. The van der Waals surface area contributed by atoms with Gasteiger partial charge in [0.2, 0.25) is 10.0 Å². The van der Waals surface area contributed by atoms with Gasteiger partial charge in [-0.1, -0.05) is 11.6 Å². The first kappa shape index (κ1) is 11.8. The number of halogens is 1. The van der Waals surface area contributed by atoms with Crippen LogP contribution in [0.4, 0.5) is 0 Å². The highest BCUT2D eigenvalue weighted by molar-refractivity contribution is 7.89. The Labute approximate surface area is 100 Å². The summed E-state index contributed by atoms with van der Waals surface area (Å²) >= 11 is 5.77. The Kier molecular flexibility index (Phi) is 3.19. The summed E-state index contributed by atoms with van der Waals surface area (Å²) in [5.41, 5.74) is 0.682. The van der Waals surface area contributed by atoms with Crippen LogP contribution in [0.5, 0.6) is 0 Å². The van der Waals surface area contributed by atoms with Crippen LogP contribution in [0.25, 0.3) is 0 Å². The van der Waals surface area contributed by atoms with Gasteiger partial charge in [0.15, 0.2) is 0 Å². The van der Waals surface area contributed by atoms with Gasteiger partial charge in [-0.25, -0.2) is 13.4 Å². The molecule has 0 N–H and O–H groups in total. The van der Waals surface area contributed by atoms with Crippen molar-refractivity contribution in [2.45, 2.75) is 24.7 Å². The highest BCUT2D eigenvalue weighted by Crippen LogP contribution is 2.22. The summed E-state index contributed by atoms with van der Waals surface area (Å²) < 4.78 is 25.8. The number of hydrogen-bond acceptors (Lipinski definition) is 3. The van der Waals surface area contributed by atoms with Gasteiger partial charge in [0, 0.05) is 19.3 Å². The van der Waals surface area contributed by atoms with E-state index in [1.54, 1.807) is 13.0 Å². The van der Waals surface area contributed by atoms with E-state index in [0.717, 1.165) is 12.8 Å². The van der Waals surface area contributed by atoms with E-state index < -0.39 is 10.0 Å².